The van der Waals surface area contributed by atoms with Gasteiger partial charge in [0, 0.05) is 43.1 Å². The van der Waals surface area contributed by atoms with Gasteiger partial charge in [0.2, 0.25) is 17.7 Å². The minimum Gasteiger partial charge on any atom is -0.493 e. The van der Waals surface area contributed by atoms with Crippen LogP contribution in [0.25, 0.3) is 22.4 Å². The number of aromatic nitrogens is 1. The summed E-state index contributed by atoms with van der Waals surface area (Å²) in [4.78, 5) is 54.5. The lowest BCUT2D eigenvalue weighted by Crippen LogP contribution is -2.53. The van der Waals surface area contributed by atoms with Gasteiger partial charge in [0.1, 0.15) is 41.5 Å². The monoisotopic (exact) mass is 974 g/mol. The minimum atomic E-state index is -1.88. The molecule has 0 radical (unpaired) electrons. The van der Waals surface area contributed by atoms with E-state index in [0.717, 1.165) is 41.6 Å². The number of carbonyl (C=O) groups excluding carboxylic acids is 3. The summed E-state index contributed by atoms with van der Waals surface area (Å²) >= 11 is 0. The van der Waals surface area contributed by atoms with Crippen LogP contribution in [-0.4, -0.2) is 135 Å². The normalized spacial score (nSPS) is 13.5. The second kappa shape index (κ2) is 29.7. The van der Waals surface area contributed by atoms with Gasteiger partial charge in [-0.25, -0.2) is 9.78 Å². The topological polar surface area (TPSA) is 276 Å². The number of hydrogen-bond donors (Lipinski definition) is 9. The lowest BCUT2D eigenvalue weighted by atomic mass is 10.0. The van der Waals surface area contributed by atoms with E-state index in [1.54, 1.807) is 39.0 Å². The predicted molar refractivity (Wildman–Crippen MR) is 261 cm³/mol. The maximum Gasteiger partial charge on any atom is 0.408 e. The minimum absolute atomic E-state index is 0.124. The highest BCUT2D eigenvalue weighted by atomic mass is 16.6. The Kier molecular flexibility index (Phi) is 23.8. The first-order valence-electron chi connectivity index (χ1n) is 23.8. The highest BCUT2D eigenvalue weighted by molar-refractivity contribution is 5.85. The number of carboxylic acids is 1. The summed E-state index contributed by atoms with van der Waals surface area (Å²) in [5, 5.41) is 65.9. The van der Waals surface area contributed by atoms with E-state index in [0.29, 0.717) is 55.4 Å². The molecule has 0 spiro atoms. The summed E-state index contributed by atoms with van der Waals surface area (Å²) in [6.45, 7) is 4.90. The van der Waals surface area contributed by atoms with Gasteiger partial charge in [-0.05, 0) is 101 Å². The molecule has 3 aromatic carbocycles. The van der Waals surface area contributed by atoms with E-state index in [2.05, 4.69) is 34.1 Å². The van der Waals surface area contributed by atoms with E-state index in [9.17, 15) is 44.7 Å². The number of ether oxygens (including phenoxy) is 4. The van der Waals surface area contributed by atoms with Crippen molar-refractivity contribution in [1.29, 1.82) is 0 Å². The Morgan fingerprint density at radius 1 is 0.657 bits per heavy atom. The second-order valence-corrected chi connectivity index (χ2v) is 17.7. The molecule has 0 aliphatic carbocycles. The number of rotatable bonds is 31. The smallest absolute Gasteiger partial charge is 0.408 e. The summed E-state index contributed by atoms with van der Waals surface area (Å²) in [5.41, 5.74) is 3.70. The van der Waals surface area contributed by atoms with E-state index in [1.165, 1.54) is 0 Å². The van der Waals surface area contributed by atoms with Crippen molar-refractivity contribution in [3.05, 3.63) is 96.6 Å². The molecule has 9 N–H and O–H groups in total. The summed E-state index contributed by atoms with van der Waals surface area (Å²) in [5.74, 6) is -0.329. The number of amides is 3. The quantitative estimate of drug-likeness (QED) is 0.0302. The Bertz CT molecular complexity index is 2150. The van der Waals surface area contributed by atoms with Crippen LogP contribution in [-0.2, 0) is 25.5 Å². The lowest BCUT2D eigenvalue weighted by Gasteiger charge is -2.27. The zero-order valence-corrected chi connectivity index (χ0v) is 40.3. The number of hydrogen-bond acceptors (Lipinski definition) is 14. The molecular formula is C52H70N4O14. The molecule has 0 aliphatic heterocycles. The fourth-order valence-electron chi connectivity index (χ4n) is 7.10. The van der Waals surface area contributed by atoms with Crippen molar-refractivity contribution in [2.24, 2.45) is 0 Å². The zero-order chi connectivity index (χ0) is 50.9. The standard InChI is InChI=1S/C52H70N4O14/c1-52(2,3)70-51(66)56-39(50(65)54-33-41(58)48(63)49(64)42(59)34-57)21-11-12-27-53-45(60)24-16-30-68-44-23-15-22-43(38(44)25-26-47(61)62)67-28-13-6-14-29-69-46-32-37(35-17-7-4-8-18-35)31-40(55-46)36-19-9-5-10-20-36/h4-5,7-10,15,17-20,22-23,31-32,39,41-42,48-49,57-59,63-64H,6,11-14,16,21,24-30,33-34H2,1-3H3,(H,53,60)(H,54,65)(H,56,66)(H,61,62). The number of aliphatic hydroxyl groups excluding tert-OH is 5. The first kappa shape index (κ1) is 56.3. The molecule has 18 heteroatoms. The van der Waals surface area contributed by atoms with Gasteiger partial charge in [-0.2, -0.15) is 0 Å². The van der Waals surface area contributed by atoms with Gasteiger partial charge in [-0.1, -0.05) is 66.7 Å². The van der Waals surface area contributed by atoms with Gasteiger partial charge in [0.25, 0.3) is 0 Å². The van der Waals surface area contributed by atoms with Crippen LogP contribution in [0.3, 0.4) is 0 Å². The SMILES string of the molecule is CC(C)(C)OC(=O)NC(CCCCNC(=O)CCCOc1cccc(OCCCCCOc2cc(-c3ccccc3)cc(-c3ccccc3)n2)c1CCC(=O)O)C(=O)NCC(O)C(O)C(O)C(O)CO. The third-order valence-electron chi connectivity index (χ3n) is 10.8. The maximum absolute atomic E-state index is 13.0. The van der Waals surface area contributed by atoms with Crippen molar-refractivity contribution in [3.8, 4) is 39.8 Å². The predicted octanol–water partition coefficient (Wildman–Crippen LogP) is 4.95. The number of benzene rings is 3. The number of pyridine rings is 1. The molecule has 382 valence electrons. The lowest BCUT2D eigenvalue weighted by molar-refractivity contribution is -0.137. The molecule has 0 saturated carbocycles. The molecule has 4 aromatic rings. The number of alkyl carbamates (subject to hydrolysis) is 1. The number of aliphatic carboxylic acids is 1. The van der Waals surface area contributed by atoms with Crippen LogP contribution in [0, 0.1) is 0 Å². The Labute approximate surface area is 409 Å². The molecule has 1 heterocycles. The molecule has 0 saturated heterocycles. The van der Waals surface area contributed by atoms with Gasteiger partial charge >= 0.3 is 12.1 Å². The first-order valence-corrected chi connectivity index (χ1v) is 23.8. The van der Waals surface area contributed by atoms with Crippen molar-refractivity contribution in [2.45, 2.75) is 121 Å². The van der Waals surface area contributed by atoms with E-state index in [4.69, 9.17) is 29.0 Å². The molecule has 18 nitrogen and oxygen atoms in total. The average molecular weight is 975 g/mol. The fourth-order valence-corrected chi connectivity index (χ4v) is 7.10. The van der Waals surface area contributed by atoms with Crippen LogP contribution >= 0.6 is 0 Å². The van der Waals surface area contributed by atoms with Crippen molar-refractivity contribution in [3.63, 3.8) is 0 Å². The number of nitrogens with zero attached hydrogens (tertiary/aromatic N) is 1. The number of carboxylic acid groups (broad SMARTS) is 1. The van der Waals surface area contributed by atoms with Gasteiger partial charge in [0.05, 0.1) is 38.2 Å². The second-order valence-electron chi connectivity index (χ2n) is 17.7. The average Bonchev–Trinajstić information content (AvgIpc) is 3.34. The van der Waals surface area contributed by atoms with Crippen molar-refractivity contribution in [1.82, 2.24) is 20.9 Å². The highest BCUT2D eigenvalue weighted by Crippen LogP contribution is 2.31. The Morgan fingerprint density at radius 2 is 1.27 bits per heavy atom. The van der Waals surface area contributed by atoms with Gasteiger partial charge in [0.15, 0.2) is 0 Å². The molecule has 0 aliphatic rings. The van der Waals surface area contributed by atoms with Crippen molar-refractivity contribution < 1.29 is 68.8 Å². The maximum atomic E-state index is 13.0. The number of unbranched alkanes of at least 4 members (excludes halogenated alkanes) is 3. The molecule has 3 amide bonds. The third kappa shape index (κ3) is 20.3. The molecular weight excluding hydrogens is 905 g/mol. The zero-order valence-electron chi connectivity index (χ0n) is 40.3. The summed E-state index contributed by atoms with van der Waals surface area (Å²) in [6, 6.07) is 28.3. The Hall–Kier alpha value is -6.31. The Morgan fingerprint density at radius 3 is 1.90 bits per heavy atom. The van der Waals surface area contributed by atoms with Crippen molar-refractivity contribution >= 4 is 23.9 Å². The van der Waals surface area contributed by atoms with E-state index >= 15 is 0 Å². The van der Waals surface area contributed by atoms with Gasteiger partial charge in [-0.15, -0.1) is 0 Å². The molecule has 5 unspecified atom stereocenters. The number of nitrogens with one attached hydrogen (secondary N) is 3. The van der Waals surface area contributed by atoms with Gasteiger partial charge in [-0.3, -0.25) is 14.4 Å². The third-order valence-corrected chi connectivity index (χ3v) is 10.8. The summed E-state index contributed by atoms with van der Waals surface area (Å²) in [7, 11) is 0. The van der Waals surface area contributed by atoms with E-state index in [-0.39, 0.29) is 44.7 Å². The number of aliphatic hydroxyl groups is 5. The fraction of sp³-hybridized carbons (Fsp3) is 0.481. The summed E-state index contributed by atoms with van der Waals surface area (Å²) in [6.07, 6.45) is -4.17. The molecule has 0 bridgehead atoms. The Balaban J connectivity index is 1.19. The number of carbonyl (C=O) groups is 4. The molecule has 1 aromatic heterocycles. The molecule has 70 heavy (non-hydrogen) atoms. The highest BCUT2D eigenvalue weighted by Gasteiger charge is 2.31. The van der Waals surface area contributed by atoms with Crippen molar-refractivity contribution in [2.75, 3.05) is 39.5 Å². The molecule has 5 atom stereocenters. The van der Waals surface area contributed by atoms with Gasteiger partial charge < -0.3 is 65.5 Å². The molecule has 4 rings (SSSR count). The molecule has 0 fully saturated rings. The summed E-state index contributed by atoms with van der Waals surface area (Å²) < 4.78 is 23.6. The van der Waals surface area contributed by atoms with Crippen LogP contribution in [0.15, 0.2) is 91.0 Å². The largest absolute Gasteiger partial charge is 0.493 e. The van der Waals surface area contributed by atoms with Crippen LogP contribution in [0.2, 0.25) is 0 Å². The first-order chi connectivity index (χ1) is 33.5. The van der Waals surface area contributed by atoms with E-state index in [1.807, 2.05) is 54.6 Å². The van der Waals surface area contributed by atoms with E-state index < -0.39 is 67.2 Å². The van der Waals surface area contributed by atoms with Crippen LogP contribution in [0.4, 0.5) is 4.79 Å². The van der Waals surface area contributed by atoms with Crippen LogP contribution in [0.1, 0.15) is 84.1 Å². The van der Waals surface area contributed by atoms with Crippen LogP contribution in [0.5, 0.6) is 17.4 Å². The van der Waals surface area contributed by atoms with Crippen LogP contribution < -0.4 is 30.2 Å².